The Balaban J connectivity index is 1.57. The molecule has 0 radical (unpaired) electrons. The van der Waals surface area contributed by atoms with Crippen LogP contribution in [0.1, 0.15) is 41.4 Å². The molecule has 122 valence electrons. The maximum Gasteiger partial charge on any atom is 0.253 e. The summed E-state index contributed by atoms with van der Waals surface area (Å²) >= 11 is 5.96. The maximum atomic E-state index is 13.3. The van der Waals surface area contributed by atoms with E-state index in [4.69, 9.17) is 16.0 Å². The Kier molecular flexibility index (Phi) is 4.61. The molecule has 7 heteroatoms. The third-order valence-electron chi connectivity index (χ3n) is 4.08. The maximum absolute atomic E-state index is 13.3. The van der Waals surface area contributed by atoms with E-state index < -0.39 is 5.82 Å². The number of halogens is 2. The average Bonchev–Trinajstić information content (AvgIpc) is 3.11. The second-order valence-electron chi connectivity index (χ2n) is 5.89. The number of benzene rings is 1. The van der Waals surface area contributed by atoms with Gasteiger partial charge in [0.2, 0.25) is 11.8 Å². The normalized spacial score (nSPS) is 20.7. The Bertz CT molecular complexity index is 719. The topological polar surface area (TPSA) is 68.0 Å². The van der Waals surface area contributed by atoms with E-state index in [1.165, 1.54) is 12.1 Å². The van der Waals surface area contributed by atoms with Crippen molar-refractivity contribution in [3.63, 3.8) is 0 Å². The van der Waals surface area contributed by atoms with Gasteiger partial charge in [0.25, 0.3) is 5.91 Å². The lowest BCUT2D eigenvalue weighted by Crippen LogP contribution is -2.33. The van der Waals surface area contributed by atoms with E-state index in [-0.39, 0.29) is 22.5 Å². The van der Waals surface area contributed by atoms with Gasteiger partial charge in [-0.15, -0.1) is 10.2 Å². The molecule has 1 aliphatic rings. The molecule has 0 spiro atoms. The molecule has 23 heavy (non-hydrogen) atoms. The van der Waals surface area contributed by atoms with Gasteiger partial charge >= 0.3 is 0 Å². The lowest BCUT2D eigenvalue weighted by Gasteiger charge is -2.13. The van der Waals surface area contributed by atoms with E-state index >= 15 is 0 Å². The Hall–Kier alpha value is -1.95. The molecule has 0 bridgehead atoms. The van der Waals surface area contributed by atoms with Crippen LogP contribution in [0.4, 0.5) is 4.39 Å². The summed E-state index contributed by atoms with van der Waals surface area (Å²) in [6.45, 7) is 1.76. The van der Waals surface area contributed by atoms with E-state index in [9.17, 15) is 9.18 Å². The molecule has 1 fully saturated rings. The second-order valence-corrected chi connectivity index (χ2v) is 6.30. The molecule has 1 aromatic heterocycles. The molecule has 0 unspecified atom stereocenters. The predicted octanol–water partition coefficient (Wildman–Crippen LogP) is 3.31. The largest absolute Gasteiger partial charge is 0.426 e. The van der Waals surface area contributed by atoms with E-state index in [2.05, 4.69) is 15.5 Å². The van der Waals surface area contributed by atoms with Crippen molar-refractivity contribution >= 4 is 17.5 Å². The second kappa shape index (κ2) is 6.66. The number of amides is 1. The monoisotopic (exact) mass is 337 g/mol. The summed E-state index contributed by atoms with van der Waals surface area (Å²) in [6.07, 6.45) is 3.40. The van der Waals surface area contributed by atoms with E-state index in [0.29, 0.717) is 24.1 Å². The van der Waals surface area contributed by atoms with Crippen LogP contribution in [0.2, 0.25) is 5.02 Å². The highest BCUT2D eigenvalue weighted by Crippen LogP contribution is 2.29. The van der Waals surface area contributed by atoms with Crippen molar-refractivity contribution in [1.82, 2.24) is 15.5 Å². The Morgan fingerprint density at radius 2 is 2.26 bits per heavy atom. The summed E-state index contributed by atoms with van der Waals surface area (Å²) in [5, 5.41) is 11.0. The van der Waals surface area contributed by atoms with Crippen LogP contribution in [0.3, 0.4) is 0 Å². The van der Waals surface area contributed by atoms with Gasteiger partial charge < -0.3 is 9.73 Å². The highest BCUT2D eigenvalue weighted by atomic mass is 35.5. The number of carbonyl (C=O) groups excluding carboxylic acids is 1. The molecular weight excluding hydrogens is 321 g/mol. The minimum absolute atomic E-state index is 0.0517. The first-order valence-electron chi connectivity index (χ1n) is 7.56. The SMILES string of the molecule is Cc1nnc(C[C@@H]2CC[C@H](NC(=O)c3cc(F)ccc3Cl)C2)o1. The summed E-state index contributed by atoms with van der Waals surface area (Å²) < 4.78 is 18.7. The molecule has 5 nitrogen and oxygen atoms in total. The number of carbonyl (C=O) groups is 1. The zero-order valence-electron chi connectivity index (χ0n) is 12.7. The number of aromatic nitrogens is 2. The fraction of sp³-hybridized carbons (Fsp3) is 0.438. The number of hydrogen-bond acceptors (Lipinski definition) is 4. The van der Waals surface area contributed by atoms with Crippen LogP contribution in [0.15, 0.2) is 22.6 Å². The summed E-state index contributed by atoms with van der Waals surface area (Å²) in [5.41, 5.74) is 0.169. The minimum atomic E-state index is -0.476. The molecule has 0 aliphatic heterocycles. The zero-order valence-corrected chi connectivity index (χ0v) is 13.4. The van der Waals surface area contributed by atoms with Crippen molar-refractivity contribution < 1.29 is 13.6 Å². The van der Waals surface area contributed by atoms with Crippen molar-refractivity contribution in [2.75, 3.05) is 0 Å². The summed E-state index contributed by atoms with van der Waals surface area (Å²) in [6, 6.07) is 3.83. The molecule has 1 heterocycles. The molecule has 1 aromatic carbocycles. The molecule has 1 aliphatic carbocycles. The van der Waals surface area contributed by atoms with Gasteiger partial charge in [0.15, 0.2) is 0 Å². The zero-order chi connectivity index (χ0) is 16.4. The van der Waals surface area contributed by atoms with Crippen LogP contribution in [0.5, 0.6) is 0 Å². The quantitative estimate of drug-likeness (QED) is 0.929. The van der Waals surface area contributed by atoms with Crippen LogP contribution in [-0.2, 0) is 6.42 Å². The fourth-order valence-corrected chi connectivity index (χ4v) is 3.20. The average molecular weight is 338 g/mol. The first-order valence-corrected chi connectivity index (χ1v) is 7.94. The first-order chi connectivity index (χ1) is 11.0. The highest BCUT2D eigenvalue weighted by molar-refractivity contribution is 6.33. The van der Waals surface area contributed by atoms with Crippen LogP contribution in [0.25, 0.3) is 0 Å². The van der Waals surface area contributed by atoms with Gasteiger partial charge in [-0.2, -0.15) is 0 Å². The van der Waals surface area contributed by atoms with Gasteiger partial charge in [0, 0.05) is 19.4 Å². The van der Waals surface area contributed by atoms with Gasteiger partial charge in [0.05, 0.1) is 10.6 Å². The smallest absolute Gasteiger partial charge is 0.253 e. The molecule has 2 aromatic rings. The fourth-order valence-electron chi connectivity index (χ4n) is 2.99. The number of rotatable bonds is 4. The van der Waals surface area contributed by atoms with Crippen LogP contribution >= 0.6 is 11.6 Å². The molecular formula is C16H17ClFN3O2. The van der Waals surface area contributed by atoms with Crippen LogP contribution in [-0.4, -0.2) is 22.1 Å². The molecule has 1 amide bonds. The van der Waals surface area contributed by atoms with Crippen molar-refractivity contribution in [2.24, 2.45) is 5.92 Å². The van der Waals surface area contributed by atoms with Crippen molar-refractivity contribution in [3.05, 3.63) is 46.4 Å². The van der Waals surface area contributed by atoms with Crippen molar-refractivity contribution in [3.8, 4) is 0 Å². The summed E-state index contributed by atoms with van der Waals surface area (Å²) in [7, 11) is 0. The Labute approximate surface area is 138 Å². The summed E-state index contributed by atoms with van der Waals surface area (Å²) in [4.78, 5) is 12.2. The van der Waals surface area contributed by atoms with E-state index in [0.717, 1.165) is 25.3 Å². The molecule has 0 saturated heterocycles. The standard InChI is InChI=1S/C16H17ClFN3O2/c1-9-20-21-15(23-9)7-10-2-4-12(6-10)19-16(22)13-8-11(18)3-5-14(13)17/h3,5,8,10,12H,2,4,6-7H2,1H3,(H,19,22)/t10-,12+/m1/s1. The van der Waals surface area contributed by atoms with Crippen LogP contribution < -0.4 is 5.32 Å². The van der Waals surface area contributed by atoms with Gasteiger partial charge in [-0.05, 0) is 43.4 Å². The molecule has 1 saturated carbocycles. The number of hydrogen-bond donors (Lipinski definition) is 1. The van der Waals surface area contributed by atoms with Gasteiger partial charge in [-0.25, -0.2) is 4.39 Å². The number of nitrogens with zero attached hydrogens (tertiary/aromatic N) is 2. The van der Waals surface area contributed by atoms with Crippen molar-refractivity contribution in [1.29, 1.82) is 0 Å². The Morgan fingerprint density at radius 1 is 1.43 bits per heavy atom. The summed E-state index contributed by atoms with van der Waals surface area (Å²) in [5.74, 6) is 0.767. The Morgan fingerprint density at radius 3 is 3.00 bits per heavy atom. The number of aryl methyl sites for hydroxylation is 1. The van der Waals surface area contributed by atoms with Gasteiger partial charge in [0.1, 0.15) is 5.82 Å². The molecule has 3 rings (SSSR count). The van der Waals surface area contributed by atoms with E-state index in [1.54, 1.807) is 6.92 Å². The van der Waals surface area contributed by atoms with E-state index in [1.807, 2.05) is 0 Å². The highest BCUT2D eigenvalue weighted by Gasteiger charge is 2.28. The predicted molar refractivity (Wildman–Crippen MR) is 82.7 cm³/mol. The minimum Gasteiger partial charge on any atom is -0.426 e. The first kappa shape index (κ1) is 15.9. The molecule has 2 atom stereocenters. The van der Waals surface area contributed by atoms with Gasteiger partial charge in [-0.3, -0.25) is 4.79 Å². The van der Waals surface area contributed by atoms with Crippen LogP contribution in [0, 0.1) is 18.7 Å². The van der Waals surface area contributed by atoms with Gasteiger partial charge in [-0.1, -0.05) is 11.6 Å². The number of nitrogens with one attached hydrogen (secondary N) is 1. The third-order valence-corrected chi connectivity index (χ3v) is 4.41. The van der Waals surface area contributed by atoms with Crippen molar-refractivity contribution in [2.45, 2.75) is 38.6 Å². The third kappa shape index (κ3) is 3.88. The lowest BCUT2D eigenvalue weighted by molar-refractivity contribution is 0.0937. The molecule has 1 N–H and O–H groups in total. The lowest BCUT2D eigenvalue weighted by atomic mass is 10.0.